The fourth-order valence-corrected chi connectivity index (χ4v) is 8.26. The quantitative estimate of drug-likeness (QED) is 0.0187. The topological polar surface area (TPSA) is 401 Å². The smallest absolute Gasteiger partial charge is 0.309 e. The Kier molecular flexibility index (Phi) is 17.9. The van der Waals surface area contributed by atoms with Gasteiger partial charge in [0.1, 0.15) is 23.3 Å². The minimum Gasteiger partial charge on any atom is -0.491 e. The average Bonchev–Trinajstić information content (AvgIpc) is 4.29. The maximum atomic E-state index is 13.8. The number of imide groups is 1. The maximum absolute atomic E-state index is 13.8. The lowest BCUT2D eigenvalue weighted by Gasteiger charge is -2.20. The summed E-state index contributed by atoms with van der Waals surface area (Å²) >= 11 is 0. The number of rotatable bonds is 27. The number of amides is 7. The Morgan fingerprint density at radius 1 is 0.772 bits per heavy atom. The molecule has 0 fully saturated rings. The number of nitrogens with two attached hydrogens (primary N) is 2. The Hall–Kier alpha value is -9.89. The number of pyridine rings is 1. The van der Waals surface area contributed by atoms with Crippen LogP contribution in [0.5, 0.6) is 5.75 Å². The molecule has 1 aliphatic heterocycles. The number of carboxylic acids is 1. The molecular weight excluding hydrogens is 1030 g/mol. The van der Waals surface area contributed by atoms with E-state index >= 15 is 0 Å². The van der Waals surface area contributed by atoms with Crippen molar-refractivity contribution in [3.05, 3.63) is 94.5 Å². The summed E-state index contributed by atoms with van der Waals surface area (Å²) in [6.45, 7) is 7.18. The van der Waals surface area contributed by atoms with E-state index in [0.29, 0.717) is 29.1 Å². The van der Waals surface area contributed by atoms with Gasteiger partial charge in [-0.25, -0.2) is 24.9 Å². The second-order valence-electron chi connectivity index (χ2n) is 17.9. The number of primary amides is 2. The Balaban J connectivity index is 1.09. The minimum absolute atomic E-state index is 0.00222. The fourth-order valence-electron chi connectivity index (χ4n) is 8.26. The molecule has 0 saturated carbocycles. The number of fused-ring (bicyclic) bond motifs is 2. The number of Topliss-reactive ketones (excluding diaryl/α,β-unsaturated/α-hetero) is 1. The van der Waals surface area contributed by atoms with Gasteiger partial charge in [0, 0.05) is 70.1 Å². The van der Waals surface area contributed by atoms with Crippen LogP contribution in [-0.4, -0.2) is 129 Å². The van der Waals surface area contributed by atoms with E-state index in [1.54, 1.807) is 42.1 Å². The molecule has 6 aromatic rings. The summed E-state index contributed by atoms with van der Waals surface area (Å²) in [6.07, 6.45) is 6.19. The first kappa shape index (κ1) is 56.8. The van der Waals surface area contributed by atoms with Crippen molar-refractivity contribution >= 4 is 93.2 Å². The molecule has 8 N–H and O–H groups in total. The van der Waals surface area contributed by atoms with Gasteiger partial charge in [-0.3, -0.25) is 68.0 Å². The normalized spacial score (nSPS) is 13.1. The molecule has 0 saturated heterocycles. The highest BCUT2D eigenvalue weighted by Crippen LogP contribution is 2.32. The Morgan fingerprint density at radius 2 is 1.34 bits per heavy atom. The van der Waals surface area contributed by atoms with Crippen LogP contribution < -0.4 is 32.2 Å². The zero-order valence-electron chi connectivity index (χ0n) is 43.4. The van der Waals surface area contributed by atoms with E-state index in [2.05, 4.69) is 40.9 Å². The van der Waals surface area contributed by atoms with Gasteiger partial charge in [0.25, 0.3) is 23.6 Å². The number of ether oxygens (including phenoxy) is 2. The van der Waals surface area contributed by atoms with Crippen LogP contribution >= 0.6 is 0 Å². The molecular formula is C51H55N13O15. The molecule has 1 aromatic carbocycles. The highest BCUT2D eigenvalue weighted by molar-refractivity contribution is 6.14. The average molecular weight is 1090 g/mol. The zero-order chi connectivity index (χ0) is 57.2. The van der Waals surface area contributed by atoms with Crippen LogP contribution in [0.25, 0.3) is 22.2 Å². The van der Waals surface area contributed by atoms with Gasteiger partial charge in [0.2, 0.25) is 41.1 Å². The standard InChI is InChI=1S/C51H55N13O15/c1-6-30-42(78-26(4)55-30)47(73)60-50-58-33-20-28(44(52)71)22-36(76-17-10-18-77-49(75)25(3)19-35(65)32(11-14-40(69)70)57-37(66)24-64-38(67)12-13-39(64)68)41(33)62(50)15-8-9-16-63-46-34(21-29(23-54-46)45(53)72)59-51(63)61-48(74)43-31(7-2)56-27(5)79-43/h8-9,12-13,20-23,25,32H,6-7,10-11,14-19,24H2,1-5H3,(H2,52,71)(H2,53,72)(H,57,66)(H,69,70)(H,58,60,73)(H,59,61,74)/b9-8+/t25-,32-/m1/s1. The van der Waals surface area contributed by atoms with Gasteiger partial charge >= 0.3 is 11.9 Å². The molecule has 7 rings (SSSR count). The summed E-state index contributed by atoms with van der Waals surface area (Å²) in [5.41, 5.74) is 13.1. The third-order valence-corrected chi connectivity index (χ3v) is 12.1. The summed E-state index contributed by atoms with van der Waals surface area (Å²) in [4.78, 5) is 149. The number of carboxylic acid groups (broad SMARTS) is 1. The molecule has 6 heterocycles. The maximum Gasteiger partial charge on any atom is 0.309 e. The number of allylic oxidation sites excluding steroid dienone is 2. The molecule has 1 aliphatic rings. The molecule has 0 bridgehead atoms. The highest BCUT2D eigenvalue weighted by atomic mass is 16.5. The summed E-state index contributed by atoms with van der Waals surface area (Å²) in [5.74, 6) is -8.43. The van der Waals surface area contributed by atoms with Gasteiger partial charge in [-0.2, -0.15) is 0 Å². The van der Waals surface area contributed by atoms with E-state index in [1.807, 2.05) is 6.92 Å². The third kappa shape index (κ3) is 13.6. The van der Waals surface area contributed by atoms with Crippen molar-refractivity contribution in [2.75, 3.05) is 30.4 Å². The van der Waals surface area contributed by atoms with Crippen molar-refractivity contribution < 1.29 is 71.4 Å². The predicted octanol–water partition coefficient (Wildman–Crippen LogP) is 2.64. The number of aliphatic carboxylic acids is 1. The molecule has 0 radical (unpaired) electrons. The number of carbonyl (C=O) groups is 10. The van der Waals surface area contributed by atoms with Gasteiger partial charge in [0.15, 0.2) is 23.2 Å². The zero-order valence-corrected chi connectivity index (χ0v) is 43.4. The van der Waals surface area contributed by atoms with Crippen LogP contribution in [0.15, 0.2) is 57.5 Å². The monoisotopic (exact) mass is 1090 g/mol. The van der Waals surface area contributed by atoms with Crippen LogP contribution in [0.3, 0.4) is 0 Å². The van der Waals surface area contributed by atoms with Gasteiger partial charge in [-0.05, 0) is 37.5 Å². The molecule has 2 atom stereocenters. The predicted molar refractivity (Wildman–Crippen MR) is 275 cm³/mol. The Labute approximate surface area is 448 Å². The molecule has 28 nitrogen and oxygen atoms in total. The van der Waals surface area contributed by atoms with Crippen molar-refractivity contribution in [2.45, 2.75) is 92.3 Å². The van der Waals surface area contributed by atoms with Crippen LogP contribution in [0.2, 0.25) is 0 Å². The number of ketones is 1. The number of nitrogens with zero attached hydrogens (tertiary/aromatic N) is 8. The lowest BCUT2D eigenvalue weighted by molar-refractivity contribution is -0.150. The van der Waals surface area contributed by atoms with Gasteiger partial charge in [0.05, 0.1) is 47.6 Å². The molecule has 5 aromatic heterocycles. The molecule has 0 unspecified atom stereocenters. The highest BCUT2D eigenvalue weighted by Gasteiger charge is 2.31. The Bertz CT molecular complexity index is 3470. The number of esters is 1. The molecule has 28 heteroatoms. The van der Waals surface area contributed by atoms with E-state index in [0.717, 1.165) is 12.2 Å². The number of imidazole rings is 2. The van der Waals surface area contributed by atoms with E-state index in [9.17, 15) is 53.1 Å². The van der Waals surface area contributed by atoms with Gasteiger partial charge in [-0.15, -0.1) is 0 Å². The summed E-state index contributed by atoms with van der Waals surface area (Å²) < 4.78 is 26.0. The minimum atomic E-state index is -1.36. The van der Waals surface area contributed by atoms with E-state index in [4.69, 9.17) is 29.8 Å². The summed E-state index contributed by atoms with van der Waals surface area (Å²) in [5, 5.41) is 17.1. The Morgan fingerprint density at radius 3 is 1.92 bits per heavy atom. The van der Waals surface area contributed by atoms with Crippen LogP contribution in [0.1, 0.15) is 111 Å². The number of benzene rings is 1. The number of hydrogen-bond donors (Lipinski definition) is 6. The number of carbonyl (C=O) groups excluding carboxylic acids is 9. The van der Waals surface area contributed by atoms with Crippen LogP contribution in [-0.2, 0) is 59.4 Å². The lowest BCUT2D eigenvalue weighted by atomic mass is 9.97. The largest absolute Gasteiger partial charge is 0.491 e. The van der Waals surface area contributed by atoms with Gasteiger partial charge in [-0.1, -0.05) is 32.9 Å². The number of oxazole rings is 2. The lowest BCUT2D eigenvalue weighted by Crippen LogP contribution is -2.47. The van der Waals surface area contributed by atoms with Crippen molar-refractivity contribution in [1.29, 1.82) is 0 Å². The van der Waals surface area contributed by atoms with E-state index in [-0.39, 0.29) is 113 Å². The first-order valence-electron chi connectivity index (χ1n) is 24.7. The van der Waals surface area contributed by atoms with E-state index in [1.165, 1.54) is 31.3 Å². The first-order valence-corrected chi connectivity index (χ1v) is 24.7. The van der Waals surface area contributed by atoms with Crippen molar-refractivity contribution in [1.82, 2.24) is 44.3 Å². The molecule has 0 spiro atoms. The van der Waals surface area contributed by atoms with Crippen LogP contribution in [0.4, 0.5) is 11.9 Å². The van der Waals surface area contributed by atoms with Crippen molar-refractivity contribution in [3.63, 3.8) is 0 Å². The fraction of sp³-hybridized carbons (Fsp3) is 0.353. The van der Waals surface area contributed by atoms with Crippen molar-refractivity contribution in [3.8, 4) is 5.75 Å². The third-order valence-electron chi connectivity index (χ3n) is 12.1. The number of aromatic nitrogens is 7. The summed E-state index contributed by atoms with van der Waals surface area (Å²) in [7, 11) is 0. The first-order chi connectivity index (χ1) is 37.6. The summed E-state index contributed by atoms with van der Waals surface area (Å²) in [6, 6.07) is 2.86. The molecule has 0 aliphatic carbocycles. The second-order valence-corrected chi connectivity index (χ2v) is 17.9. The van der Waals surface area contributed by atoms with Crippen molar-refractivity contribution in [2.24, 2.45) is 17.4 Å². The van der Waals surface area contributed by atoms with Crippen LogP contribution in [0, 0.1) is 19.8 Å². The molecule has 79 heavy (non-hydrogen) atoms. The number of anilines is 2. The second kappa shape index (κ2) is 24.8. The SMILES string of the molecule is CCc1nc(C)oc1C(=O)Nc1nc2cc(C(N)=O)cnc2n1C/C=C/Cn1c(NC(=O)c2oc(C)nc2CC)nc2cc(C(N)=O)cc(OCCCOC(=O)[C@H](C)CC(=O)[C@@H](CCC(=O)O)NC(=O)CN3C(=O)C=CC3=O)c21. The number of nitrogens with one attached hydrogen (secondary N) is 3. The molecule has 414 valence electrons. The van der Waals surface area contributed by atoms with Gasteiger partial charge < -0.3 is 44.8 Å². The van der Waals surface area contributed by atoms with E-state index < -0.39 is 90.4 Å². The number of aryl methyl sites for hydroxylation is 4. The number of hydrogen-bond acceptors (Lipinski definition) is 19. The molecule has 7 amide bonds.